The van der Waals surface area contributed by atoms with E-state index in [1.165, 1.54) is 6.26 Å². The lowest BCUT2D eigenvalue weighted by molar-refractivity contribution is 0.0657. The van der Waals surface area contributed by atoms with Gasteiger partial charge < -0.3 is 14.2 Å². The zero-order chi connectivity index (χ0) is 12.4. The van der Waals surface area contributed by atoms with Gasteiger partial charge in [0.15, 0.2) is 4.67 Å². The number of halogens is 1. The van der Waals surface area contributed by atoms with Crippen molar-refractivity contribution in [1.29, 1.82) is 0 Å². The molecule has 2 heterocycles. The molecule has 5 heteroatoms. The molecule has 0 atom stereocenters. The highest BCUT2D eigenvalue weighted by molar-refractivity contribution is 9.10. The summed E-state index contributed by atoms with van der Waals surface area (Å²) in [6, 6.07) is 2.04. The molecule has 1 aromatic heterocycles. The molecule has 1 saturated heterocycles. The monoisotopic (exact) mass is 300 g/mol. The highest BCUT2D eigenvalue weighted by Crippen LogP contribution is 2.22. The van der Waals surface area contributed by atoms with Crippen LogP contribution in [0.15, 0.2) is 21.4 Å². The summed E-state index contributed by atoms with van der Waals surface area (Å²) in [6.07, 6.45) is 3.60. The predicted molar refractivity (Wildman–Crippen MR) is 69.0 cm³/mol. The van der Waals surface area contributed by atoms with E-state index in [-0.39, 0.29) is 5.91 Å². The normalized spacial score (nSPS) is 18.3. The fraction of sp³-hybridized carbons (Fsp3) is 0.583. The van der Waals surface area contributed by atoms with Crippen LogP contribution in [-0.4, -0.2) is 48.9 Å². The summed E-state index contributed by atoms with van der Waals surface area (Å²) >= 11 is 3.25. The number of likely N-dealkylation sites (tertiary alicyclic amines) is 1. The third kappa shape index (κ3) is 2.72. The van der Waals surface area contributed by atoms with Gasteiger partial charge in [-0.1, -0.05) is 0 Å². The zero-order valence-corrected chi connectivity index (χ0v) is 11.7. The summed E-state index contributed by atoms with van der Waals surface area (Å²) in [6.45, 7) is 2.10. The average molecular weight is 301 g/mol. The lowest BCUT2D eigenvalue weighted by Crippen LogP contribution is -2.44. The van der Waals surface area contributed by atoms with Gasteiger partial charge in [-0.15, -0.1) is 0 Å². The molecule has 1 aliphatic heterocycles. The summed E-state index contributed by atoms with van der Waals surface area (Å²) in [5, 5.41) is 0. The topological polar surface area (TPSA) is 36.7 Å². The van der Waals surface area contributed by atoms with Crippen LogP contribution in [0, 0.1) is 0 Å². The number of furan rings is 1. The Bertz CT molecular complexity index is 397. The van der Waals surface area contributed by atoms with Crippen LogP contribution in [0.25, 0.3) is 0 Å². The van der Waals surface area contributed by atoms with Crippen molar-refractivity contribution in [3.63, 3.8) is 0 Å². The number of carbonyl (C=O) groups is 1. The van der Waals surface area contributed by atoms with Gasteiger partial charge in [-0.25, -0.2) is 0 Å². The molecule has 1 amide bonds. The van der Waals surface area contributed by atoms with Crippen LogP contribution in [0.5, 0.6) is 0 Å². The summed E-state index contributed by atoms with van der Waals surface area (Å²) < 4.78 is 5.62. The van der Waals surface area contributed by atoms with Crippen LogP contribution in [0.4, 0.5) is 0 Å². The Morgan fingerprint density at radius 1 is 1.53 bits per heavy atom. The van der Waals surface area contributed by atoms with Gasteiger partial charge in [-0.05, 0) is 55.0 Å². The van der Waals surface area contributed by atoms with Crippen molar-refractivity contribution >= 4 is 21.8 Å². The van der Waals surface area contributed by atoms with Gasteiger partial charge in [0.25, 0.3) is 5.91 Å². The molecule has 0 saturated carbocycles. The fourth-order valence-corrected chi connectivity index (χ4v) is 2.59. The van der Waals surface area contributed by atoms with Crippen molar-refractivity contribution < 1.29 is 9.21 Å². The molecule has 2 rings (SSSR count). The molecule has 0 radical (unpaired) electrons. The van der Waals surface area contributed by atoms with Gasteiger partial charge in [-0.2, -0.15) is 0 Å². The second-order valence-corrected chi connectivity index (χ2v) is 5.28. The van der Waals surface area contributed by atoms with Gasteiger partial charge in [-0.3, -0.25) is 4.79 Å². The van der Waals surface area contributed by atoms with E-state index in [0.29, 0.717) is 16.3 Å². The molecule has 4 nitrogen and oxygen atoms in total. The van der Waals surface area contributed by atoms with Crippen molar-refractivity contribution in [2.45, 2.75) is 18.9 Å². The molecule has 1 aromatic rings. The number of nitrogens with zero attached hydrogens (tertiary/aromatic N) is 2. The Kier molecular flexibility index (Phi) is 3.89. The molecule has 0 N–H and O–H groups in total. The lowest BCUT2D eigenvalue weighted by Gasteiger charge is -2.35. The number of hydrogen-bond acceptors (Lipinski definition) is 3. The summed E-state index contributed by atoms with van der Waals surface area (Å²) in [7, 11) is 3.99. The Balaban J connectivity index is 2.03. The van der Waals surface area contributed by atoms with E-state index in [4.69, 9.17) is 4.42 Å². The Morgan fingerprint density at radius 2 is 2.18 bits per heavy atom. The molecular formula is C12H17BrN2O2. The molecule has 17 heavy (non-hydrogen) atoms. The maximum atomic E-state index is 12.2. The molecule has 1 fully saturated rings. The quantitative estimate of drug-likeness (QED) is 0.840. The Labute approximate surface area is 110 Å². The number of piperidine rings is 1. The number of rotatable bonds is 2. The molecular weight excluding hydrogens is 284 g/mol. The highest BCUT2D eigenvalue weighted by atomic mass is 79.9. The van der Waals surface area contributed by atoms with E-state index < -0.39 is 0 Å². The third-order valence-corrected chi connectivity index (χ3v) is 4.02. The van der Waals surface area contributed by atoms with Crippen LogP contribution >= 0.6 is 15.9 Å². The fourth-order valence-electron chi connectivity index (χ4n) is 2.18. The van der Waals surface area contributed by atoms with Gasteiger partial charge in [0.2, 0.25) is 0 Å². The SMILES string of the molecule is CN1CCC(N(C)C(=O)c2ccoc2Br)CC1. The van der Waals surface area contributed by atoms with E-state index in [2.05, 4.69) is 27.9 Å². The van der Waals surface area contributed by atoms with Crippen molar-refractivity contribution in [2.24, 2.45) is 0 Å². The van der Waals surface area contributed by atoms with Crippen LogP contribution < -0.4 is 0 Å². The van der Waals surface area contributed by atoms with Crippen molar-refractivity contribution in [1.82, 2.24) is 9.80 Å². The number of carbonyl (C=O) groups excluding carboxylic acids is 1. The smallest absolute Gasteiger partial charge is 0.258 e. The first-order chi connectivity index (χ1) is 8.09. The molecule has 0 aromatic carbocycles. The summed E-state index contributed by atoms with van der Waals surface area (Å²) in [5.41, 5.74) is 0.603. The van der Waals surface area contributed by atoms with Gasteiger partial charge in [0, 0.05) is 13.1 Å². The van der Waals surface area contributed by atoms with Gasteiger partial charge in [0.05, 0.1) is 11.8 Å². The molecule has 0 unspecified atom stereocenters. The second-order valence-electron chi connectivity index (χ2n) is 4.56. The van der Waals surface area contributed by atoms with Crippen LogP contribution in [0.1, 0.15) is 23.2 Å². The van der Waals surface area contributed by atoms with E-state index in [1.807, 2.05) is 11.9 Å². The summed E-state index contributed by atoms with van der Waals surface area (Å²) in [4.78, 5) is 16.4. The minimum atomic E-state index is 0.0279. The number of hydrogen-bond donors (Lipinski definition) is 0. The molecule has 0 aliphatic carbocycles. The number of amides is 1. The third-order valence-electron chi connectivity index (χ3n) is 3.40. The van der Waals surface area contributed by atoms with Crippen molar-refractivity contribution in [2.75, 3.05) is 27.2 Å². The first-order valence-corrected chi connectivity index (χ1v) is 6.57. The van der Waals surface area contributed by atoms with Crippen LogP contribution in [0.3, 0.4) is 0 Å². The van der Waals surface area contributed by atoms with Gasteiger partial charge >= 0.3 is 0 Å². The van der Waals surface area contributed by atoms with E-state index in [0.717, 1.165) is 25.9 Å². The Hall–Kier alpha value is -0.810. The maximum Gasteiger partial charge on any atom is 0.258 e. The first kappa shape index (κ1) is 12.6. The minimum absolute atomic E-state index is 0.0279. The second kappa shape index (κ2) is 5.23. The zero-order valence-electron chi connectivity index (χ0n) is 10.1. The molecule has 0 bridgehead atoms. The van der Waals surface area contributed by atoms with Crippen LogP contribution in [0.2, 0.25) is 0 Å². The van der Waals surface area contributed by atoms with Gasteiger partial charge in [0.1, 0.15) is 0 Å². The Morgan fingerprint density at radius 3 is 2.71 bits per heavy atom. The standard InChI is InChI=1S/C12H17BrN2O2/c1-14-6-3-9(4-7-14)15(2)12(16)10-5-8-17-11(10)13/h5,8-9H,3-4,6-7H2,1-2H3. The lowest BCUT2D eigenvalue weighted by atomic mass is 10.0. The van der Waals surface area contributed by atoms with Crippen molar-refractivity contribution in [3.8, 4) is 0 Å². The molecule has 1 aliphatic rings. The molecule has 0 spiro atoms. The average Bonchev–Trinajstić information content (AvgIpc) is 2.74. The van der Waals surface area contributed by atoms with E-state index >= 15 is 0 Å². The van der Waals surface area contributed by atoms with E-state index in [1.54, 1.807) is 6.07 Å². The summed E-state index contributed by atoms with van der Waals surface area (Å²) in [5.74, 6) is 0.0279. The minimum Gasteiger partial charge on any atom is -0.457 e. The van der Waals surface area contributed by atoms with Crippen molar-refractivity contribution in [3.05, 3.63) is 22.6 Å². The first-order valence-electron chi connectivity index (χ1n) is 5.78. The maximum absolute atomic E-state index is 12.2. The van der Waals surface area contributed by atoms with Crippen LogP contribution in [-0.2, 0) is 0 Å². The predicted octanol–water partition coefficient (Wildman–Crippen LogP) is 2.21. The largest absolute Gasteiger partial charge is 0.457 e. The highest BCUT2D eigenvalue weighted by Gasteiger charge is 2.26. The molecule has 94 valence electrons. The van der Waals surface area contributed by atoms with E-state index in [9.17, 15) is 4.79 Å².